The maximum atomic E-state index is 11.1. The van der Waals surface area contributed by atoms with Crippen molar-refractivity contribution < 1.29 is 9.85 Å². The minimum absolute atomic E-state index is 0.0393. The van der Waals surface area contributed by atoms with Gasteiger partial charge in [-0.25, -0.2) is 10.9 Å². The quantitative estimate of drug-likeness (QED) is 0.0279. The van der Waals surface area contributed by atoms with Gasteiger partial charge >= 0.3 is 0 Å². The highest BCUT2D eigenvalue weighted by Gasteiger charge is 2.11. The van der Waals surface area contributed by atoms with Crippen LogP contribution in [0.3, 0.4) is 0 Å². The summed E-state index contributed by atoms with van der Waals surface area (Å²) < 4.78 is 0. The minimum atomic E-state index is -0.472. The zero-order chi connectivity index (χ0) is 41.5. The van der Waals surface area contributed by atoms with Crippen molar-refractivity contribution in [3.05, 3.63) is 176 Å². The van der Waals surface area contributed by atoms with Gasteiger partial charge in [-0.1, -0.05) is 84.9 Å². The number of nitro groups is 2. The lowest BCUT2D eigenvalue weighted by molar-refractivity contribution is -0.385. The number of nitro benzene ring substituents is 2. The Labute approximate surface area is 341 Å². The average Bonchev–Trinajstić information content (AvgIpc) is 3.26. The van der Waals surface area contributed by atoms with Crippen molar-refractivity contribution in [1.82, 2.24) is 29.9 Å². The van der Waals surface area contributed by atoms with Crippen LogP contribution in [0.1, 0.15) is 22.3 Å². The molecule has 0 aliphatic heterocycles. The molecular formula is C40H34N16O4. The Morgan fingerprint density at radius 1 is 0.450 bits per heavy atom. The first-order chi connectivity index (χ1) is 29.3. The van der Waals surface area contributed by atoms with E-state index in [0.717, 1.165) is 22.3 Å². The monoisotopic (exact) mass is 802 g/mol. The Morgan fingerprint density at radius 3 is 1.17 bits per heavy atom. The molecule has 0 amide bonds. The summed E-state index contributed by atoms with van der Waals surface area (Å²) in [4.78, 5) is 47.8. The first kappa shape index (κ1) is 39.3. The van der Waals surface area contributed by atoms with E-state index in [9.17, 15) is 20.2 Å². The van der Waals surface area contributed by atoms with Gasteiger partial charge in [-0.3, -0.25) is 20.2 Å². The molecule has 0 aliphatic rings. The van der Waals surface area contributed by atoms with Crippen molar-refractivity contribution in [1.29, 1.82) is 0 Å². The summed E-state index contributed by atoms with van der Waals surface area (Å²) in [5.41, 5.74) is 10.3. The SMILES string of the molecule is O=[N+]([O-])c1ccc(Nc2nc(NCc3ccccc3)nc(N/N=C/c3ccc(/C=N/Nc4nc(NCc5ccccc5)nc(Nc5ccc([N+](=O)[O-])cc5)n4)cc3)n2)cc1. The minimum Gasteiger partial charge on any atom is -0.350 e. The van der Waals surface area contributed by atoms with Crippen LogP contribution >= 0.6 is 0 Å². The van der Waals surface area contributed by atoms with Gasteiger partial charge in [0.05, 0.1) is 22.3 Å². The summed E-state index contributed by atoms with van der Waals surface area (Å²) in [6.45, 7) is 0.918. The van der Waals surface area contributed by atoms with Crippen molar-refractivity contribution >= 4 is 70.9 Å². The highest BCUT2D eigenvalue weighted by atomic mass is 16.6. The lowest BCUT2D eigenvalue weighted by atomic mass is 10.2. The second-order valence-electron chi connectivity index (χ2n) is 12.6. The maximum absolute atomic E-state index is 11.1. The number of nitrogens with zero attached hydrogens (tertiary/aromatic N) is 10. The summed E-state index contributed by atoms with van der Waals surface area (Å²) in [6.07, 6.45) is 3.19. The fourth-order valence-electron chi connectivity index (χ4n) is 5.26. The van der Waals surface area contributed by atoms with E-state index in [1.165, 1.54) is 24.3 Å². The first-order valence-corrected chi connectivity index (χ1v) is 18.1. The number of aromatic nitrogens is 6. The Balaban J connectivity index is 0.997. The topological polar surface area (TPSA) is 261 Å². The van der Waals surface area contributed by atoms with Crippen molar-refractivity contribution in [2.75, 3.05) is 32.1 Å². The van der Waals surface area contributed by atoms with Crippen LogP contribution in [-0.4, -0.2) is 52.2 Å². The standard InChI is InChI=1S/C40H34N16O4/c57-55(58)33-19-15-31(16-20-33)45-37-47-35(41-23-27-7-3-1-4-8-27)49-39(51-37)53-43-25-29-11-13-30(14-12-29)26-44-54-40-50-36(42-24-28-9-5-2-6-10-28)48-38(52-40)46-32-17-21-34(22-18-32)56(59)60/h1-22,25-26H,23-24H2,(H3,41,45,47,49,51,53)(H3,42,46,48,50,52,54)/b43-25+,44-26+. The summed E-state index contributed by atoms with van der Waals surface area (Å²) in [5, 5.41) is 43.3. The average molecular weight is 803 g/mol. The fourth-order valence-corrected chi connectivity index (χ4v) is 5.26. The van der Waals surface area contributed by atoms with Crippen molar-refractivity contribution in [2.45, 2.75) is 13.1 Å². The van der Waals surface area contributed by atoms with Crippen LogP contribution in [0.4, 0.5) is 58.4 Å². The Bertz CT molecular complexity index is 2420. The van der Waals surface area contributed by atoms with Crippen LogP contribution in [-0.2, 0) is 13.1 Å². The third-order valence-corrected chi connectivity index (χ3v) is 8.22. The second-order valence-corrected chi connectivity index (χ2v) is 12.6. The molecule has 60 heavy (non-hydrogen) atoms. The number of hydrogen-bond donors (Lipinski definition) is 6. The molecule has 6 N–H and O–H groups in total. The Morgan fingerprint density at radius 2 is 0.800 bits per heavy atom. The van der Waals surface area contributed by atoms with Gasteiger partial charge in [0.25, 0.3) is 11.4 Å². The molecule has 0 bridgehead atoms. The number of hydrazone groups is 2. The number of hydrogen-bond acceptors (Lipinski definition) is 18. The van der Waals surface area contributed by atoms with Gasteiger partial charge in [0, 0.05) is 48.7 Å². The number of benzene rings is 5. The van der Waals surface area contributed by atoms with Gasteiger partial charge in [-0.2, -0.15) is 40.1 Å². The van der Waals surface area contributed by atoms with E-state index in [1.54, 1.807) is 36.7 Å². The molecule has 0 saturated heterocycles. The molecule has 0 spiro atoms. The molecule has 20 heteroatoms. The molecule has 7 rings (SSSR count). The van der Waals surface area contributed by atoms with E-state index in [1.807, 2.05) is 84.9 Å². The number of non-ortho nitro benzene ring substituents is 2. The second kappa shape index (κ2) is 19.3. The van der Waals surface area contributed by atoms with E-state index in [-0.39, 0.29) is 47.1 Å². The summed E-state index contributed by atoms with van der Waals surface area (Å²) in [7, 11) is 0. The molecule has 20 nitrogen and oxygen atoms in total. The summed E-state index contributed by atoms with van der Waals surface area (Å²) >= 11 is 0. The van der Waals surface area contributed by atoms with Gasteiger partial charge in [-0.05, 0) is 46.5 Å². The van der Waals surface area contributed by atoms with Gasteiger partial charge in [0.2, 0.25) is 35.7 Å². The molecule has 2 aromatic heterocycles. The predicted octanol–water partition coefficient (Wildman–Crippen LogP) is 7.48. The molecule has 2 heterocycles. The lowest BCUT2D eigenvalue weighted by Crippen LogP contribution is -2.09. The third-order valence-electron chi connectivity index (χ3n) is 8.22. The van der Waals surface area contributed by atoms with Crippen LogP contribution in [0, 0.1) is 20.2 Å². The number of nitrogens with one attached hydrogen (secondary N) is 6. The van der Waals surface area contributed by atoms with E-state index in [4.69, 9.17) is 0 Å². The van der Waals surface area contributed by atoms with E-state index < -0.39 is 9.85 Å². The molecule has 0 fully saturated rings. The Hall–Kier alpha value is -8.94. The lowest BCUT2D eigenvalue weighted by Gasteiger charge is -2.10. The summed E-state index contributed by atoms with van der Waals surface area (Å²) in [6, 6.07) is 38.6. The van der Waals surface area contributed by atoms with Crippen LogP contribution in [0.5, 0.6) is 0 Å². The normalized spacial score (nSPS) is 10.9. The number of anilines is 8. The highest BCUT2D eigenvalue weighted by Crippen LogP contribution is 2.22. The molecule has 0 aliphatic carbocycles. The first-order valence-electron chi connectivity index (χ1n) is 18.1. The van der Waals surface area contributed by atoms with Crippen molar-refractivity contribution in [3.8, 4) is 0 Å². The largest absolute Gasteiger partial charge is 0.350 e. The van der Waals surface area contributed by atoms with Crippen LogP contribution in [0.15, 0.2) is 144 Å². The molecular weight excluding hydrogens is 769 g/mol. The van der Waals surface area contributed by atoms with Gasteiger partial charge in [0.15, 0.2) is 0 Å². The predicted molar refractivity (Wildman–Crippen MR) is 229 cm³/mol. The van der Waals surface area contributed by atoms with Crippen molar-refractivity contribution in [2.24, 2.45) is 10.2 Å². The fraction of sp³-hybridized carbons (Fsp3) is 0.0500. The molecule has 7 aromatic rings. The van der Waals surface area contributed by atoms with Gasteiger partial charge < -0.3 is 21.3 Å². The van der Waals surface area contributed by atoms with Crippen LogP contribution < -0.4 is 32.1 Å². The molecule has 298 valence electrons. The van der Waals surface area contributed by atoms with Gasteiger partial charge in [0.1, 0.15) is 0 Å². The molecule has 0 saturated carbocycles. The molecule has 0 radical (unpaired) electrons. The van der Waals surface area contributed by atoms with Gasteiger partial charge in [-0.15, -0.1) is 0 Å². The molecule has 0 unspecified atom stereocenters. The van der Waals surface area contributed by atoms with E-state index >= 15 is 0 Å². The van der Waals surface area contributed by atoms with Crippen molar-refractivity contribution in [3.63, 3.8) is 0 Å². The van der Waals surface area contributed by atoms with Crippen LogP contribution in [0.25, 0.3) is 0 Å². The summed E-state index contributed by atoms with van der Waals surface area (Å²) in [5.74, 6) is 1.25. The Kier molecular flexibility index (Phi) is 12.6. The van der Waals surface area contributed by atoms with E-state index in [2.05, 4.69) is 72.2 Å². The molecule has 5 aromatic carbocycles. The number of rotatable bonds is 18. The maximum Gasteiger partial charge on any atom is 0.269 e. The molecule has 0 atom stereocenters. The van der Waals surface area contributed by atoms with Crippen LogP contribution in [0.2, 0.25) is 0 Å². The van der Waals surface area contributed by atoms with E-state index in [0.29, 0.717) is 24.5 Å². The highest BCUT2D eigenvalue weighted by molar-refractivity contribution is 5.84. The smallest absolute Gasteiger partial charge is 0.269 e. The third kappa shape index (κ3) is 11.5. The zero-order valence-electron chi connectivity index (χ0n) is 31.4. The zero-order valence-corrected chi connectivity index (χ0v) is 31.4.